The minimum Gasteiger partial charge on any atom is -0.451 e. The third kappa shape index (κ3) is 4.02. The van der Waals surface area contributed by atoms with Crippen LogP contribution in [0.25, 0.3) is 10.6 Å². The molecule has 146 valence electrons. The normalized spacial score (nSPS) is 12.9. The summed E-state index contributed by atoms with van der Waals surface area (Å²) in [5.74, 6) is -1.46. The van der Waals surface area contributed by atoms with Crippen LogP contribution in [-0.2, 0) is 14.3 Å². The van der Waals surface area contributed by atoms with Gasteiger partial charge in [-0.25, -0.2) is 9.78 Å². The monoisotopic (exact) mass is 407 g/mol. The third-order valence-electron chi connectivity index (χ3n) is 4.41. The van der Waals surface area contributed by atoms with E-state index < -0.39 is 18.5 Å². The maximum absolute atomic E-state index is 12.6. The quantitative estimate of drug-likeness (QED) is 0.671. The molecule has 0 aliphatic carbocycles. The largest absolute Gasteiger partial charge is 0.451 e. The molecule has 0 bridgehead atoms. The number of esters is 1. The molecule has 8 heteroatoms. The van der Waals surface area contributed by atoms with Gasteiger partial charge in [-0.1, -0.05) is 42.0 Å². The highest BCUT2D eigenvalue weighted by atomic mass is 32.1. The highest BCUT2D eigenvalue weighted by Gasteiger charge is 2.27. The molecule has 1 aromatic heterocycles. The Morgan fingerprint density at radius 3 is 2.72 bits per heavy atom. The number of hydrogen-bond donors (Lipinski definition) is 1. The Labute approximate surface area is 170 Å². The van der Waals surface area contributed by atoms with Crippen LogP contribution in [0.3, 0.4) is 0 Å². The smallest absolute Gasteiger partial charge is 0.358 e. The summed E-state index contributed by atoms with van der Waals surface area (Å²) in [7, 11) is 0. The van der Waals surface area contributed by atoms with Crippen molar-refractivity contribution >= 4 is 40.5 Å². The van der Waals surface area contributed by atoms with Gasteiger partial charge in [-0.15, -0.1) is 11.3 Å². The van der Waals surface area contributed by atoms with Crippen molar-refractivity contribution in [2.24, 2.45) is 0 Å². The highest BCUT2D eigenvalue weighted by Crippen LogP contribution is 2.29. The van der Waals surface area contributed by atoms with Gasteiger partial charge in [-0.05, 0) is 19.1 Å². The van der Waals surface area contributed by atoms with Gasteiger partial charge in [0, 0.05) is 10.9 Å². The number of nitrogens with zero attached hydrogens (tertiary/aromatic N) is 2. The molecule has 7 nitrogen and oxygen atoms in total. The van der Waals surface area contributed by atoms with Crippen LogP contribution in [-0.4, -0.2) is 35.9 Å². The number of anilines is 2. The van der Waals surface area contributed by atoms with Crippen molar-refractivity contribution in [2.75, 3.05) is 23.4 Å². The predicted molar refractivity (Wildman–Crippen MR) is 110 cm³/mol. The summed E-state index contributed by atoms with van der Waals surface area (Å²) in [5.41, 5.74) is 3.31. The van der Waals surface area contributed by atoms with Gasteiger partial charge in [0.15, 0.2) is 12.3 Å². The summed E-state index contributed by atoms with van der Waals surface area (Å²) in [6, 6.07) is 14.8. The van der Waals surface area contributed by atoms with Gasteiger partial charge in [0.25, 0.3) is 5.91 Å². The number of rotatable bonds is 4. The first-order chi connectivity index (χ1) is 14.0. The SMILES string of the molecule is Cc1ccc(-c2nc(C(=O)OCC(=O)N3CC(=O)Nc4ccccc43)cs2)cc1. The molecular formula is C21H17N3O4S. The summed E-state index contributed by atoms with van der Waals surface area (Å²) >= 11 is 1.33. The Morgan fingerprint density at radius 1 is 1.17 bits per heavy atom. The van der Waals surface area contributed by atoms with Gasteiger partial charge >= 0.3 is 5.97 Å². The van der Waals surface area contributed by atoms with E-state index in [-0.39, 0.29) is 18.1 Å². The van der Waals surface area contributed by atoms with Gasteiger partial charge in [-0.2, -0.15) is 0 Å². The summed E-state index contributed by atoms with van der Waals surface area (Å²) < 4.78 is 5.14. The molecule has 1 aliphatic rings. The molecule has 0 fully saturated rings. The molecule has 4 rings (SSSR count). The molecule has 0 unspecified atom stereocenters. The Hall–Kier alpha value is -3.52. The Balaban J connectivity index is 1.42. The van der Waals surface area contributed by atoms with Crippen molar-refractivity contribution in [3.8, 4) is 10.6 Å². The minimum atomic E-state index is -0.678. The number of amides is 2. The number of ether oxygens (including phenoxy) is 1. The molecule has 2 amide bonds. The van der Waals surface area contributed by atoms with E-state index in [2.05, 4.69) is 10.3 Å². The van der Waals surface area contributed by atoms with E-state index in [1.807, 2.05) is 31.2 Å². The van der Waals surface area contributed by atoms with E-state index in [0.29, 0.717) is 16.4 Å². The molecule has 1 aliphatic heterocycles. The van der Waals surface area contributed by atoms with Crippen molar-refractivity contribution in [1.29, 1.82) is 0 Å². The number of nitrogens with one attached hydrogen (secondary N) is 1. The van der Waals surface area contributed by atoms with E-state index in [9.17, 15) is 14.4 Å². The Bertz CT molecular complexity index is 1090. The van der Waals surface area contributed by atoms with E-state index in [0.717, 1.165) is 11.1 Å². The lowest BCUT2D eigenvalue weighted by atomic mass is 10.2. The molecular weight excluding hydrogens is 390 g/mol. The lowest BCUT2D eigenvalue weighted by Gasteiger charge is -2.28. The maximum atomic E-state index is 12.6. The highest BCUT2D eigenvalue weighted by molar-refractivity contribution is 7.13. The molecule has 3 aromatic rings. The van der Waals surface area contributed by atoms with Crippen LogP contribution in [0.2, 0.25) is 0 Å². The van der Waals surface area contributed by atoms with Crippen molar-refractivity contribution in [1.82, 2.24) is 4.98 Å². The average Bonchev–Trinajstić information content (AvgIpc) is 3.22. The van der Waals surface area contributed by atoms with Gasteiger partial charge < -0.3 is 10.1 Å². The molecule has 2 aromatic carbocycles. The Kier molecular flexibility index (Phi) is 5.09. The number of fused-ring (bicyclic) bond motifs is 1. The molecule has 29 heavy (non-hydrogen) atoms. The third-order valence-corrected chi connectivity index (χ3v) is 5.30. The first kappa shape index (κ1) is 18.8. The lowest BCUT2D eigenvalue weighted by molar-refractivity contribution is -0.124. The molecule has 0 saturated carbocycles. The number of carbonyl (C=O) groups excluding carboxylic acids is 3. The van der Waals surface area contributed by atoms with Crippen LogP contribution in [0.5, 0.6) is 0 Å². The molecule has 2 heterocycles. The van der Waals surface area contributed by atoms with E-state index in [4.69, 9.17) is 4.74 Å². The molecule has 0 atom stereocenters. The molecule has 0 saturated heterocycles. The van der Waals surface area contributed by atoms with Crippen LogP contribution in [0, 0.1) is 6.92 Å². The van der Waals surface area contributed by atoms with Crippen LogP contribution in [0.1, 0.15) is 16.1 Å². The maximum Gasteiger partial charge on any atom is 0.358 e. The zero-order valence-corrected chi connectivity index (χ0v) is 16.4. The van der Waals surface area contributed by atoms with Crippen molar-refractivity contribution in [2.45, 2.75) is 6.92 Å². The van der Waals surface area contributed by atoms with E-state index >= 15 is 0 Å². The fourth-order valence-electron chi connectivity index (χ4n) is 2.93. The number of aromatic nitrogens is 1. The van der Waals surface area contributed by atoms with Crippen LogP contribution < -0.4 is 10.2 Å². The summed E-state index contributed by atoms with van der Waals surface area (Å²) in [6.45, 7) is 1.40. The van der Waals surface area contributed by atoms with Crippen LogP contribution >= 0.6 is 11.3 Å². The fourth-order valence-corrected chi connectivity index (χ4v) is 3.73. The Morgan fingerprint density at radius 2 is 1.93 bits per heavy atom. The second-order valence-corrected chi connectivity index (χ2v) is 7.38. The number of thiazole rings is 1. The summed E-state index contributed by atoms with van der Waals surface area (Å²) in [4.78, 5) is 42.3. The van der Waals surface area contributed by atoms with Crippen molar-refractivity contribution in [3.05, 3.63) is 65.2 Å². The summed E-state index contributed by atoms with van der Waals surface area (Å²) in [6.07, 6.45) is 0. The number of para-hydroxylation sites is 2. The van der Waals surface area contributed by atoms with Gasteiger partial charge in [0.1, 0.15) is 11.6 Å². The van der Waals surface area contributed by atoms with Gasteiger partial charge in [0.2, 0.25) is 5.91 Å². The molecule has 0 radical (unpaired) electrons. The number of benzene rings is 2. The molecule has 0 spiro atoms. The van der Waals surface area contributed by atoms with Crippen LogP contribution in [0.4, 0.5) is 11.4 Å². The summed E-state index contributed by atoms with van der Waals surface area (Å²) in [5, 5.41) is 5.01. The molecule has 1 N–H and O–H groups in total. The number of hydrogen-bond acceptors (Lipinski definition) is 6. The standard InChI is InChI=1S/C21H17N3O4S/c1-13-6-8-14(9-7-13)20-23-16(12-29-20)21(27)28-11-19(26)24-10-18(25)22-15-4-2-3-5-17(15)24/h2-9,12H,10-11H2,1H3,(H,22,25). The van der Waals surface area contributed by atoms with E-state index in [1.54, 1.807) is 29.6 Å². The second-order valence-electron chi connectivity index (χ2n) is 6.53. The topological polar surface area (TPSA) is 88.6 Å². The first-order valence-corrected chi connectivity index (χ1v) is 9.78. The minimum absolute atomic E-state index is 0.123. The van der Waals surface area contributed by atoms with E-state index in [1.165, 1.54) is 16.2 Å². The van der Waals surface area contributed by atoms with Crippen molar-refractivity contribution < 1.29 is 19.1 Å². The van der Waals surface area contributed by atoms with Crippen molar-refractivity contribution in [3.63, 3.8) is 0 Å². The number of aryl methyl sites for hydroxylation is 1. The lowest BCUT2D eigenvalue weighted by Crippen LogP contribution is -2.44. The average molecular weight is 407 g/mol. The fraction of sp³-hybridized carbons (Fsp3) is 0.143. The zero-order valence-electron chi connectivity index (χ0n) is 15.5. The zero-order chi connectivity index (χ0) is 20.4. The van der Waals surface area contributed by atoms with Gasteiger partial charge in [-0.3, -0.25) is 14.5 Å². The first-order valence-electron chi connectivity index (χ1n) is 8.90. The predicted octanol–water partition coefficient (Wildman–Crippen LogP) is 3.26. The second kappa shape index (κ2) is 7.84. The number of carbonyl (C=O) groups is 3. The van der Waals surface area contributed by atoms with Gasteiger partial charge in [0.05, 0.1) is 11.4 Å². The van der Waals surface area contributed by atoms with Crippen LogP contribution in [0.15, 0.2) is 53.9 Å².